The summed E-state index contributed by atoms with van der Waals surface area (Å²) < 4.78 is 23.0. The SMILES string of the molecule is [C-]#[N+]c1ccc(C[C@@H](C(=O)NCC(=O)c2ccc(S(C)(=O)=O)cc2)[C@@H](C)O)cc1C. The van der Waals surface area contributed by atoms with Gasteiger partial charge in [0.15, 0.2) is 21.3 Å². The summed E-state index contributed by atoms with van der Waals surface area (Å²) in [5.41, 5.74) is 2.41. The number of aliphatic hydroxyl groups is 1. The molecule has 158 valence electrons. The second kappa shape index (κ2) is 9.65. The third kappa shape index (κ3) is 5.99. The molecule has 0 radical (unpaired) electrons. The lowest BCUT2D eigenvalue weighted by molar-refractivity contribution is -0.127. The molecule has 0 aromatic heterocycles. The number of rotatable bonds is 8. The first-order valence-electron chi connectivity index (χ1n) is 9.29. The summed E-state index contributed by atoms with van der Waals surface area (Å²) in [7, 11) is -3.35. The summed E-state index contributed by atoms with van der Waals surface area (Å²) in [4.78, 5) is 28.4. The maximum absolute atomic E-state index is 12.6. The molecule has 0 aliphatic carbocycles. The van der Waals surface area contributed by atoms with Gasteiger partial charge in [0, 0.05) is 11.8 Å². The van der Waals surface area contributed by atoms with Crippen LogP contribution in [-0.2, 0) is 21.1 Å². The molecular formula is C22H24N2O5S. The Kier molecular flexibility index (Phi) is 7.48. The predicted octanol–water partition coefficient (Wildman–Crippen LogP) is 2.49. The van der Waals surface area contributed by atoms with Gasteiger partial charge in [-0.15, -0.1) is 0 Å². The van der Waals surface area contributed by atoms with Crippen molar-refractivity contribution in [1.82, 2.24) is 5.32 Å². The number of carbonyl (C=O) groups is 2. The predicted molar refractivity (Wildman–Crippen MR) is 113 cm³/mol. The molecule has 0 fully saturated rings. The molecule has 0 heterocycles. The van der Waals surface area contributed by atoms with E-state index < -0.39 is 27.8 Å². The maximum Gasteiger partial charge on any atom is 0.226 e. The molecule has 0 aliphatic heterocycles. The number of sulfone groups is 1. The Labute approximate surface area is 176 Å². The number of hydrogen-bond acceptors (Lipinski definition) is 5. The van der Waals surface area contributed by atoms with Gasteiger partial charge in [0.2, 0.25) is 5.91 Å². The summed E-state index contributed by atoms with van der Waals surface area (Å²) in [5.74, 6) is -1.59. The van der Waals surface area contributed by atoms with Gasteiger partial charge in [-0.3, -0.25) is 9.59 Å². The van der Waals surface area contributed by atoms with E-state index in [0.29, 0.717) is 5.69 Å². The average molecular weight is 429 g/mol. The second-order valence-electron chi connectivity index (χ2n) is 7.22. The number of benzene rings is 2. The van der Waals surface area contributed by atoms with E-state index in [2.05, 4.69) is 10.2 Å². The van der Waals surface area contributed by atoms with Gasteiger partial charge in [-0.1, -0.05) is 30.3 Å². The van der Waals surface area contributed by atoms with Crippen LogP contribution in [0.25, 0.3) is 4.85 Å². The van der Waals surface area contributed by atoms with Gasteiger partial charge >= 0.3 is 0 Å². The molecule has 2 N–H and O–H groups in total. The number of ketones is 1. The monoisotopic (exact) mass is 428 g/mol. The molecule has 0 unspecified atom stereocenters. The number of hydrogen-bond donors (Lipinski definition) is 2. The Bertz CT molecular complexity index is 1080. The summed E-state index contributed by atoms with van der Waals surface area (Å²) in [5, 5.41) is 12.6. The van der Waals surface area contributed by atoms with Crippen molar-refractivity contribution in [3.05, 3.63) is 70.6 Å². The van der Waals surface area contributed by atoms with Gasteiger partial charge in [-0.2, -0.15) is 0 Å². The topological polar surface area (TPSA) is 105 Å². The number of aryl methyl sites for hydroxylation is 1. The first kappa shape index (κ1) is 23.3. The van der Waals surface area contributed by atoms with Crippen molar-refractivity contribution in [2.24, 2.45) is 5.92 Å². The van der Waals surface area contributed by atoms with Crippen molar-refractivity contribution in [2.75, 3.05) is 12.8 Å². The van der Waals surface area contributed by atoms with Crippen LogP contribution in [0, 0.1) is 19.4 Å². The van der Waals surface area contributed by atoms with Crippen molar-refractivity contribution in [2.45, 2.75) is 31.3 Å². The zero-order chi connectivity index (χ0) is 22.5. The van der Waals surface area contributed by atoms with Crippen molar-refractivity contribution < 1.29 is 23.1 Å². The highest BCUT2D eigenvalue weighted by atomic mass is 32.2. The van der Waals surface area contributed by atoms with Crippen LogP contribution in [0.1, 0.15) is 28.4 Å². The minimum atomic E-state index is -3.35. The molecule has 2 atom stereocenters. The highest BCUT2D eigenvalue weighted by Crippen LogP contribution is 2.22. The highest BCUT2D eigenvalue weighted by molar-refractivity contribution is 7.90. The Morgan fingerprint density at radius 2 is 1.80 bits per heavy atom. The minimum Gasteiger partial charge on any atom is -0.393 e. The van der Waals surface area contributed by atoms with E-state index in [0.717, 1.165) is 17.4 Å². The Morgan fingerprint density at radius 1 is 1.17 bits per heavy atom. The smallest absolute Gasteiger partial charge is 0.226 e. The van der Waals surface area contributed by atoms with Crippen LogP contribution in [0.2, 0.25) is 0 Å². The highest BCUT2D eigenvalue weighted by Gasteiger charge is 2.25. The molecule has 0 bridgehead atoms. The van der Waals surface area contributed by atoms with Crippen molar-refractivity contribution in [3.8, 4) is 0 Å². The Morgan fingerprint density at radius 3 is 2.30 bits per heavy atom. The molecule has 0 saturated heterocycles. The molecule has 0 spiro atoms. The first-order valence-corrected chi connectivity index (χ1v) is 11.2. The molecule has 1 amide bonds. The summed E-state index contributed by atoms with van der Waals surface area (Å²) in [6.45, 7) is 10.2. The van der Waals surface area contributed by atoms with Gasteiger partial charge in [0.05, 0.1) is 30.0 Å². The molecular weight excluding hydrogens is 404 g/mol. The molecule has 7 nitrogen and oxygen atoms in total. The van der Waals surface area contributed by atoms with E-state index in [4.69, 9.17) is 6.57 Å². The van der Waals surface area contributed by atoms with E-state index in [9.17, 15) is 23.1 Å². The zero-order valence-corrected chi connectivity index (χ0v) is 17.9. The van der Waals surface area contributed by atoms with E-state index in [1.807, 2.05) is 13.0 Å². The number of nitrogens with zero attached hydrogens (tertiary/aromatic N) is 1. The summed E-state index contributed by atoms with van der Waals surface area (Å²) in [6, 6.07) is 10.7. The number of amides is 1. The van der Waals surface area contributed by atoms with Crippen LogP contribution in [0.15, 0.2) is 47.4 Å². The standard InChI is InChI=1S/C22H24N2O5S/c1-14-11-16(5-10-20(14)23-3)12-19(15(2)25)22(27)24-13-21(26)17-6-8-18(9-7-17)30(4,28)29/h5-11,15,19,25H,12-13H2,1-2,4H3,(H,24,27)/t15-,19-/m1/s1. The van der Waals surface area contributed by atoms with Crippen molar-refractivity contribution in [3.63, 3.8) is 0 Å². The molecule has 8 heteroatoms. The quantitative estimate of drug-likeness (QED) is 0.496. The zero-order valence-electron chi connectivity index (χ0n) is 17.0. The van der Waals surface area contributed by atoms with Crippen LogP contribution >= 0.6 is 0 Å². The second-order valence-corrected chi connectivity index (χ2v) is 9.24. The van der Waals surface area contributed by atoms with Crippen LogP contribution in [0.5, 0.6) is 0 Å². The third-order valence-electron chi connectivity index (χ3n) is 4.78. The largest absolute Gasteiger partial charge is 0.393 e. The number of aliphatic hydroxyl groups excluding tert-OH is 1. The van der Waals surface area contributed by atoms with Crippen molar-refractivity contribution >= 4 is 27.2 Å². The van der Waals surface area contributed by atoms with Gasteiger partial charge in [-0.25, -0.2) is 13.3 Å². The molecule has 0 aliphatic rings. The van der Waals surface area contributed by atoms with Crippen LogP contribution in [0.4, 0.5) is 5.69 Å². The molecule has 2 rings (SSSR count). The average Bonchev–Trinajstić information content (AvgIpc) is 2.69. The molecule has 30 heavy (non-hydrogen) atoms. The van der Waals surface area contributed by atoms with Gasteiger partial charge in [-0.05, 0) is 43.5 Å². The number of Topliss-reactive ketones (excluding diaryl/α,β-unsaturated/α-hetero) is 1. The normalized spacial score (nSPS) is 13.2. The maximum atomic E-state index is 12.6. The molecule has 0 saturated carbocycles. The lowest BCUT2D eigenvalue weighted by atomic mass is 9.93. The van der Waals surface area contributed by atoms with Crippen molar-refractivity contribution in [1.29, 1.82) is 0 Å². The van der Waals surface area contributed by atoms with Crippen LogP contribution in [0.3, 0.4) is 0 Å². The Hall–Kier alpha value is -3.02. The van der Waals surface area contributed by atoms with E-state index in [1.54, 1.807) is 12.1 Å². The third-order valence-corrected chi connectivity index (χ3v) is 5.91. The van der Waals surface area contributed by atoms with Crippen LogP contribution < -0.4 is 5.32 Å². The fraction of sp³-hybridized carbons (Fsp3) is 0.318. The summed E-state index contributed by atoms with van der Waals surface area (Å²) in [6.07, 6.45) is 0.409. The minimum absolute atomic E-state index is 0.108. The van der Waals surface area contributed by atoms with Gasteiger partial charge < -0.3 is 10.4 Å². The lowest BCUT2D eigenvalue weighted by Gasteiger charge is -2.20. The first-order chi connectivity index (χ1) is 14.0. The van der Waals surface area contributed by atoms with E-state index in [1.165, 1.54) is 31.2 Å². The fourth-order valence-corrected chi connectivity index (χ4v) is 3.63. The number of carbonyl (C=O) groups excluding carboxylic acids is 2. The Balaban J connectivity index is 2.04. The number of nitrogens with one attached hydrogen (secondary N) is 1. The van der Waals surface area contributed by atoms with E-state index >= 15 is 0 Å². The van der Waals surface area contributed by atoms with Gasteiger partial charge in [0.1, 0.15) is 0 Å². The van der Waals surface area contributed by atoms with E-state index in [-0.39, 0.29) is 29.2 Å². The molecule has 2 aromatic rings. The summed E-state index contributed by atoms with van der Waals surface area (Å²) >= 11 is 0. The van der Waals surface area contributed by atoms with Gasteiger partial charge in [0.25, 0.3) is 0 Å². The fourth-order valence-electron chi connectivity index (χ4n) is 2.99. The lowest BCUT2D eigenvalue weighted by Crippen LogP contribution is -2.40. The van der Waals surface area contributed by atoms with Crippen LogP contribution in [-0.4, -0.2) is 44.1 Å². The molecule has 2 aromatic carbocycles.